The zero-order valence-electron chi connectivity index (χ0n) is 13.2. The van der Waals surface area contributed by atoms with E-state index in [0.717, 1.165) is 31.5 Å². The molecule has 2 aliphatic rings. The van der Waals surface area contributed by atoms with Crippen LogP contribution < -0.4 is 9.47 Å². The molecule has 5 heteroatoms. The summed E-state index contributed by atoms with van der Waals surface area (Å²) in [6.07, 6.45) is 3.49. The number of benzene rings is 1. The molecular formula is C17H23NO4. The van der Waals surface area contributed by atoms with Crippen molar-refractivity contribution in [2.24, 2.45) is 0 Å². The molecular weight excluding hydrogens is 282 g/mol. The molecule has 0 bridgehead atoms. The molecule has 0 spiro atoms. The summed E-state index contributed by atoms with van der Waals surface area (Å²) in [6.45, 7) is 1.94. The maximum atomic E-state index is 11.7. The molecule has 1 heterocycles. The van der Waals surface area contributed by atoms with Gasteiger partial charge in [0.15, 0.2) is 11.5 Å². The molecule has 22 heavy (non-hydrogen) atoms. The van der Waals surface area contributed by atoms with Crippen LogP contribution >= 0.6 is 0 Å². The lowest BCUT2D eigenvalue weighted by molar-refractivity contribution is -0.140. The summed E-state index contributed by atoms with van der Waals surface area (Å²) in [5.41, 5.74) is -0.0302. The van der Waals surface area contributed by atoms with Gasteiger partial charge in [-0.05, 0) is 45.3 Å². The first-order valence-electron chi connectivity index (χ1n) is 7.83. The van der Waals surface area contributed by atoms with Crippen molar-refractivity contribution in [2.75, 3.05) is 27.2 Å². The average Bonchev–Trinajstić information content (AvgIpc) is 3.29. The third-order valence-corrected chi connectivity index (χ3v) is 4.74. The number of rotatable bonds is 5. The lowest BCUT2D eigenvalue weighted by Crippen LogP contribution is -2.39. The monoisotopic (exact) mass is 305 g/mol. The first kappa shape index (κ1) is 15.2. The molecule has 1 aliphatic carbocycles. The molecule has 120 valence electrons. The molecule has 1 N–H and O–H groups in total. The highest BCUT2D eigenvalue weighted by atomic mass is 16.5. The van der Waals surface area contributed by atoms with Gasteiger partial charge < -0.3 is 19.5 Å². The van der Waals surface area contributed by atoms with Crippen molar-refractivity contribution >= 4 is 5.97 Å². The molecule has 0 amide bonds. The van der Waals surface area contributed by atoms with Gasteiger partial charge >= 0.3 is 5.97 Å². The summed E-state index contributed by atoms with van der Waals surface area (Å²) in [6, 6.07) is 5.55. The molecule has 1 saturated heterocycles. The number of carboxylic acid groups (broad SMARTS) is 1. The Morgan fingerprint density at radius 1 is 1.41 bits per heavy atom. The number of likely N-dealkylation sites (tertiary alicyclic amines) is 1. The van der Waals surface area contributed by atoms with Crippen LogP contribution in [0.25, 0.3) is 0 Å². The Labute approximate surface area is 130 Å². The fourth-order valence-corrected chi connectivity index (χ4v) is 3.28. The van der Waals surface area contributed by atoms with Gasteiger partial charge in [-0.2, -0.15) is 0 Å². The number of nitrogens with zero attached hydrogens (tertiary/aromatic N) is 1. The highest BCUT2D eigenvalue weighted by molar-refractivity contribution is 5.86. The van der Waals surface area contributed by atoms with Crippen LogP contribution in [0.3, 0.4) is 0 Å². The minimum Gasteiger partial charge on any atom is -0.493 e. The summed E-state index contributed by atoms with van der Waals surface area (Å²) >= 11 is 0. The van der Waals surface area contributed by atoms with E-state index in [1.54, 1.807) is 7.11 Å². The molecule has 0 aromatic heterocycles. The first-order valence-corrected chi connectivity index (χ1v) is 7.83. The van der Waals surface area contributed by atoms with Crippen molar-refractivity contribution in [1.82, 2.24) is 4.90 Å². The molecule has 1 saturated carbocycles. The molecule has 5 nitrogen and oxygen atoms in total. The summed E-state index contributed by atoms with van der Waals surface area (Å²) in [5.74, 6) is 0.467. The number of methoxy groups -OCH3 is 1. The predicted octanol–water partition coefficient (Wildman–Crippen LogP) is 2.28. The number of ether oxygens (including phenoxy) is 2. The molecule has 2 fully saturated rings. The maximum Gasteiger partial charge on any atom is 0.314 e. The number of aliphatic carboxylic acids is 1. The van der Waals surface area contributed by atoms with Crippen molar-refractivity contribution in [1.29, 1.82) is 0 Å². The van der Waals surface area contributed by atoms with E-state index in [9.17, 15) is 9.90 Å². The van der Waals surface area contributed by atoms with Crippen LogP contribution in [0.5, 0.6) is 11.5 Å². The van der Waals surface area contributed by atoms with Gasteiger partial charge in [0.25, 0.3) is 0 Å². The van der Waals surface area contributed by atoms with E-state index in [2.05, 4.69) is 11.9 Å². The zero-order valence-corrected chi connectivity index (χ0v) is 13.2. The lowest BCUT2D eigenvalue weighted by atomic mass is 9.94. The van der Waals surface area contributed by atoms with Crippen LogP contribution in [-0.4, -0.2) is 49.3 Å². The fraction of sp³-hybridized carbons (Fsp3) is 0.588. The smallest absolute Gasteiger partial charge is 0.314 e. The van der Waals surface area contributed by atoms with E-state index in [1.165, 1.54) is 0 Å². The van der Waals surface area contributed by atoms with Crippen molar-refractivity contribution < 1.29 is 19.4 Å². The average molecular weight is 305 g/mol. The molecule has 0 radical (unpaired) electrons. The van der Waals surface area contributed by atoms with Crippen LogP contribution in [0.2, 0.25) is 0 Å². The normalized spacial score (nSPS) is 23.8. The SMILES string of the molecule is COc1cccc(C2(C(=O)O)CC2)c1OC1CCCN(C)C1. The molecule has 1 unspecified atom stereocenters. The van der Waals surface area contributed by atoms with Crippen LogP contribution in [-0.2, 0) is 10.2 Å². The summed E-state index contributed by atoms with van der Waals surface area (Å²) in [7, 11) is 3.68. The van der Waals surface area contributed by atoms with E-state index >= 15 is 0 Å². The third-order valence-electron chi connectivity index (χ3n) is 4.74. The van der Waals surface area contributed by atoms with Crippen molar-refractivity contribution in [3.05, 3.63) is 23.8 Å². The molecule has 1 aromatic carbocycles. The van der Waals surface area contributed by atoms with Gasteiger partial charge in [0, 0.05) is 12.1 Å². The summed E-state index contributed by atoms with van der Waals surface area (Å²) < 4.78 is 11.7. The quantitative estimate of drug-likeness (QED) is 0.904. The van der Waals surface area contributed by atoms with E-state index in [0.29, 0.717) is 24.3 Å². The first-order chi connectivity index (χ1) is 10.6. The van der Waals surface area contributed by atoms with Gasteiger partial charge in [-0.1, -0.05) is 12.1 Å². The van der Waals surface area contributed by atoms with E-state index < -0.39 is 11.4 Å². The second-order valence-corrected chi connectivity index (χ2v) is 6.37. The predicted molar refractivity (Wildman–Crippen MR) is 82.7 cm³/mol. The Balaban J connectivity index is 1.93. The fourth-order valence-electron chi connectivity index (χ4n) is 3.28. The Bertz CT molecular complexity index is 568. The summed E-state index contributed by atoms with van der Waals surface area (Å²) in [4.78, 5) is 13.9. The topological polar surface area (TPSA) is 59.0 Å². The second kappa shape index (κ2) is 5.80. The van der Waals surface area contributed by atoms with Gasteiger partial charge in [-0.15, -0.1) is 0 Å². The largest absolute Gasteiger partial charge is 0.493 e. The van der Waals surface area contributed by atoms with E-state index in [-0.39, 0.29) is 6.10 Å². The number of para-hydroxylation sites is 1. The lowest BCUT2D eigenvalue weighted by Gasteiger charge is -2.31. The highest BCUT2D eigenvalue weighted by Gasteiger charge is 2.54. The van der Waals surface area contributed by atoms with Gasteiger partial charge in [-0.3, -0.25) is 4.79 Å². The maximum absolute atomic E-state index is 11.7. The Hall–Kier alpha value is -1.75. The van der Waals surface area contributed by atoms with Crippen LogP contribution in [0.4, 0.5) is 0 Å². The molecule has 1 atom stereocenters. The zero-order chi connectivity index (χ0) is 15.7. The van der Waals surface area contributed by atoms with E-state index in [4.69, 9.17) is 9.47 Å². The van der Waals surface area contributed by atoms with Gasteiger partial charge in [-0.25, -0.2) is 0 Å². The Morgan fingerprint density at radius 3 is 2.77 bits per heavy atom. The molecule has 3 rings (SSSR count). The Kier molecular flexibility index (Phi) is 4.00. The third kappa shape index (κ3) is 2.65. The number of piperidine rings is 1. The second-order valence-electron chi connectivity index (χ2n) is 6.37. The van der Waals surface area contributed by atoms with Crippen molar-refractivity contribution in [3.63, 3.8) is 0 Å². The van der Waals surface area contributed by atoms with E-state index in [1.807, 2.05) is 18.2 Å². The molecule has 1 aliphatic heterocycles. The number of hydrogen-bond acceptors (Lipinski definition) is 4. The highest BCUT2D eigenvalue weighted by Crippen LogP contribution is 2.53. The minimum atomic E-state index is -0.787. The number of carboxylic acids is 1. The number of likely N-dealkylation sites (N-methyl/N-ethyl adjacent to an activating group) is 1. The van der Waals surface area contributed by atoms with Gasteiger partial charge in [0.1, 0.15) is 6.10 Å². The van der Waals surface area contributed by atoms with Gasteiger partial charge in [0.2, 0.25) is 0 Å². The molecule has 1 aromatic rings. The van der Waals surface area contributed by atoms with Crippen LogP contribution in [0.15, 0.2) is 18.2 Å². The van der Waals surface area contributed by atoms with Crippen molar-refractivity contribution in [3.8, 4) is 11.5 Å². The van der Waals surface area contributed by atoms with Crippen molar-refractivity contribution in [2.45, 2.75) is 37.2 Å². The number of hydrogen-bond donors (Lipinski definition) is 1. The number of carbonyl (C=O) groups is 1. The standard InChI is InChI=1S/C17H23NO4/c1-18-10-4-5-12(11-18)22-15-13(6-3-7-14(15)21-2)17(8-9-17)16(19)20/h3,6-7,12H,4-5,8-11H2,1-2H3,(H,19,20). The summed E-state index contributed by atoms with van der Waals surface area (Å²) in [5, 5.41) is 9.59. The van der Waals surface area contributed by atoms with Crippen LogP contribution in [0.1, 0.15) is 31.2 Å². The van der Waals surface area contributed by atoms with Gasteiger partial charge in [0.05, 0.1) is 12.5 Å². The Morgan fingerprint density at radius 2 is 2.18 bits per heavy atom. The van der Waals surface area contributed by atoms with Crippen LogP contribution in [0, 0.1) is 0 Å². The minimum absolute atomic E-state index is 0.0818.